The number of amides is 1. The van der Waals surface area contributed by atoms with Gasteiger partial charge in [-0.05, 0) is 30.7 Å². The number of carbonyl (C=O) groups is 1. The third-order valence-electron chi connectivity index (χ3n) is 4.41. The van der Waals surface area contributed by atoms with Crippen molar-refractivity contribution in [1.29, 1.82) is 0 Å². The lowest BCUT2D eigenvalue weighted by Crippen LogP contribution is -2.46. The Bertz CT molecular complexity index is 666. The lowest BCUT2D eigenvalue weighted by molar-refractivity contribution is 0.0948. The molecule has 6 heteroatoms. The predicted molar refractivity (Wildman–Crippen MR) is 100 cm³/mol. The van der Waals surface area contributed by atoms with Crippen molar-refractivity contribution in [3.05, 3.63) is 48.4 Å². The summed E-state index contributed by atoms with van der Waals surface area (Å²) in [5, 5.41) is 2.89. The van der Waals surface area contributed by atoms with Gasteiger partial charge in [0, 0.05) is 38.9 Å². The lowest BCUT2D eigenvalue weighted by Gasteiger charge is -2.36. The smallest absolute Gasteiger partial charge is 0.269 e. The zero-order valence-electron chi connectivity index (χ0n) is 14.7. The van der Waals surface area contributed by atoms with E-state index in [9.17, 15) is 4.79 Å². The molecule has 3 heterocycles. The number of anilines is 2. The van der Waals surface area contributed by atoms with Crippen LogP contribution in [0.3, 0.4) is 0 Å². The molecule has 25 heavy (non-hydrogen) atoms. The van der Waals surface area contributed by atoms with Crippen molar-refractivity contribution in [3.8, 4) is 0 Å². The van der Waals surface area contributed by atoms with E-state index in [1.54, 1.807) is 6.20 Å². The van der Waals surface area contributed by atoms with Crippen molar-refractivity contribution < 1.29 is 4.79 Å². The van der Waals surface area contributed by atoms with Crippen molar-refractivity contribution in [2.24, 2.45) is 0 Å². The molecule has 6 nitrogen and oxygen atoms in total. The number of unbranched alkanes of at least 4 members (excludes halogenated alkanes) is 1. The number of hydrogen-bond donors (Lipinski definition) is 1. The van der Waals surface area contributed by atoms with Gasteiger partial charge in [-0.1, -0.05) is 19.4 Å². The van der Waals surface area contributed by atoms with Gasteiger partial charge in [0.25, 0.3) is 5.91 Å². The molecular formula is C19H25N5O. The number of piperazine rings is 1. The molecule has 0 aliphatic carbocycles. The van der Waals surface area contributed by atoms with Crippen LogP contribution in [-0.4, -0.2) is 48.6 Å². The quantitative estimate of drug-likeness (QED) is 0.819. The summed E-state index contributed by atoms with van der Waals surface area (Å²) in [5.74, 6) is 0.930. The Morgan fingerprint density at radius 3 is 2.52 bits per heavy atom. The topological polar surface area (TPSA) is 61.4 Å². The Hall–Kier alpha value is -2.63. The fourth-order valence-corrected chi connectivity index (χ4v) is 2.91. The van der Waals surface area contributed by atoms with Crippen molar-refractivity contribution in [3.63, 3.8) is 0 Å². The molecule has 0 unspecified atom stereocenters. The van der Waals surface area contributed by atoms with Crippen LogP contribution in [-0.2, 0) is 0 Å². The molecule has 0 aromatic carbocycles. The van der Waals surface area contributed by atoms with Crippen LogP contribution < -0.4 is 15.1 Å². The van der Waals surface area contributed by atoms with Crippen LogP contribution in [0.25, 0.3) is 0 Å². The van der Waals surface area contributed by atoms with E-state index in [0.717, 1.165) is 50.5 Å². The lowest BCUT2D eigenvalue weighted by atomic mass is 10.2. The van der Waals surface area contributed by atoms with Crippen LogP contribution in [0.5, 0.6) is 0 Å². The number of hydrogen-bond acceptors (Lipinski definition) is 5. The minimum atomic E-state index is -0.0972. The highest BCUT2D eigenvalue weighted by Gasteiger charge is 2.18. The van der Waals surface area contributed by atoms with Gasteiger partial charge >= 0.3 is 0 Å². The standard InChI is InChI=1S/C19H25N5O/c1-2-3-9-21-19(25)17-8-7-16(15-22-17)23-11-13-24(14-12-23)18-6-4-5-10-20-18/h4-8,10,15H,2-3,9,11-14H2,1H3,(H,21,25). The molecule has 0 spiro atoms. The third kappa shape index (κ3) is 4.47. The third-order valence-corrected chi connectivity index (χ3v) is 4.41. The molecule has 132 valence electrons. The minimum absolute atomic E-state index is 0.0972. The molecule has 1 N–H and O–H groups in total. The van der Waals surface area contributed by atoms with E-state index < -0.39 is 0 Å². The van der Waals surface area contributed by atoms with Crippen LogP contribution in [0.4, 0.5) is 11.5 Å². The highest BCUT2D eigenvalue weighted by Crippen LogP contribution is 2.18. The van der Waals surface area contributed by atoms with Crippen molar-refractivity contribution in [2.75, 3.05) is 42.5 Å². The second kappa shape index (κ2) is 8.46. The van der Waals surface area contributed by atoms with Crippen LogP contribution in [0.1, 0.15) is 30.3 Å². The summed E-state index contributed by atoms with van der Waals surface area (Å²) in [6.45, 7) is 6.49. The highest BCUT2D eigenvalue weighted by molar-refractivity contribution is 5.92. The Kier molecular flexibility index (Phi) is 5.82. The molecule has 1 aliphatic heterocycles. The van der Waals surface area contributed by atoms with E-state index in [1.807, 2.05) is 36.5 Å². The second-order valence-corrected chi connectivity index (χ2v) is 6.17. The summed E-state index contributed by atoms with van der Waals surface area (Å²) >= 11 is 0. The molecule has 0 atom stereocenters. The summed E-state index contributed by atoms with van der Waals surface area (Å²) < 4.78 is 0. The molecule has 2 aromatic heterocycles. The maximum absolute atomic E-state index is 12.0. The van der Waals surface area contributed by atoms with E-state index in [2.05, 4.69) is 32.0 Å². The maximum Gasteiger partial charge on any atom is 0.269 e. The molecule has 0 bridgehead atoms. The Morgan fingerprint density at radius 1 is 1.08 bits per heavy atom. The summed E-state index contributed by atoms with van der Waals surface area (Å²) in [6.07, 6.45) is 5.68. The van der Waals surface area contributed by atoms with Gasteiger partial charge < -0.3 is 15.1 Å². The number of nitrogens with zero attached hydrogens (tertiary/aromatic N) is 4. The predicted octanol–water partition coefficient (Wildman–Crippen LogP) is 2.33. The number of pyridine rings is 2. The highest BCUT2D eigenvalue weighted by atomic mass is 16.1. The van der Waals surface area contributed by atoms with Crippen molar-refractivity contribution in [2.45, 2.75) is 19.8 Å². The molecule has 0 saturated carbocycles. The van der Waals surface area contributed by atoms with Crippen LogP contribution in [0.15, 0.2) is 42.7 Å². The number of aromatic nitrogens is 2. The molecule has 1 fully saturated rings. The van der Waals surface area contributed by atoms with Gasteiger partial charge in [-0.15, -0.1) is 0 Å². The first-order valence-electron chi connectivity index (χ1n) is 8.93. The van der Waals surface area contributed by atoms with Gasteiger partial charge in [-0.3, -0.25) is 4.79 Å². The molecule has 1 saturated heterocycles. The average molecular weight is 339 g/mol. The van der Waals surface area contributed by atoms with Gasteiger partial charge in [-0.2, -0.15) is 0 Å². The van der Waals surface area contributed by atoms with Crippen molar-refractivity contribution >= 4 is 17.4 Å². The average Bonchev–Trinajstić information content (AvgIpc) is 2.69. The fourth-order valence-electron chi connectivity index (χ4n) is 2.91. The zero-order valence-corrected chi connectivity index (χ0v) is 14.7. The summed E-state index contributed by atoms with van der Waals surface area (Å²) in [7, 11) is 0. The molecule has 3 rings (SSSR count). The first-order chi connectivity index (χ1) is 12.3. The number of nitrogens with one attached hydrogen (secondary N) is 1. The molecular weight excluding hydrogens is 314 g/mol. The Labute approximate surface area is 148 Å². The Balaban J connectivity index is 1.54. The zero-order chi connectivity index (χ0) is 17.5. The van der Waals surface area contributed by atoms with E-state index in [4.69, 9.17) is 0 Å². The van der Waals surface area contributed by atoms with Gasteiger partial charge in [0.2, 0.25) is 0 Å². The van der Waals surface area contributed by atoms with Crippen LogP contribution in [0.2, 0.25) is 0 Å². The van der Waals surface area contributed by atoms with Gasteiger partial charge in [-0.25, -0.2) is 9.97 Å². The Morgan fingerprint density at radius 2 is 1.88 bits per heavy atom. The molecule has 1 aliphatic rings. The molecule has 1 amide bonds. The van der Waals surface area contributed by atoms with E-state index in [1.165, 1.54) is 0 Å². The number of carbonyl (C=O) groups excluding carboxylic acids is 1. The summed E-state index contributed by atoms with van der Waals surface area (Å²) in [4.78, 5) is 25.3. The van der Waals surface area contributed by atoms with Crippen LogP contribution >= 0.6 is 0 Å². The van der Waals surface area contributed by atoms with Crippen molar-refractivity contribution in [1.82, 2.24) is 15.3 Å². The van der Waals surface area contributed by atoms with Gasteiger partial charge in [0.15, 0.2) is 0 Å². The second-order valence-electron chi connectivity index (χ2n) is 6.17. The maximum atomic E-state index is 12.0. The van der Waals surface area contributed by atoms with E-state index in [0.29, 0.717) is 12.2 Å². The fraction of sp³-hybridized carbons (Fsp3) is 0.421. The SMILES string of the molecule is CCCCNC(=O)c1ccc(N2CCN(c3ccccn3)CC2)cn1. The monoisotopic (exact) mass is 339 g/mol. The summed E-state index contributed by atoms with van der Waals surface area (Å²) in [6, 6.07) is 9.79. The first kappa shape index (κ1) is 17.2. The minimum Gasteiger partial charge on any atom is -0.367 e. The number of rotatable bonds is 6. The van der Waals surface area contributed by atoms with Gasteiger partial charge in [0.05, 0.1) is 11.9 Å². The van der Waals surface area contributed by atoms with Crippen LogP contribution in [0, 0.1) is 0 Å². The van der Waals surface area contributed by atoms with Gasteiger partial charge in [0.1, 0.15) is 11.5 Å². The summed E-state index contributed by atoms with van der Waals surface area (Å²) in [5.41, 5.74) is 1.54. The normalized spacial score (nSPS) is 14.4. The van der Waals surface area contributed by atoms with E-state index in [-0.39, 0.29) is 5.91 Å². The molecule has 2 aromatic rings. The largest absolute Gasteiger partial charge is 0.367 e. The van der Waals surface area contributed by atoms with E-state index >= 15 is 0 Å². The molecule has 0 radical (unpaired) electrons. The first-order valence-corrected chi connectivity index (χ1v) is 8.93.